The molecular weight excluding hydrogens is 210 g/mol. The van der Waals surface area contributed by atoms with Gasteiger partial charge in [-0.1, -0.05) is 13.8 Å². The number of ether oxygens (including phenoxy) is 1. The molecule has 0 aromatic heterocycles. The van der Waals surface area contributed by atoms with Crippen LogP contribution in [-0.4, -0.2) is 16.6 Å². The number of hydrogen-bond acceptors (Lipinski definition) is 4. The van der Waals surface area contributed by atoms with Gasteiger partial charge in [0, 0.05) is 6.07 Å². The first-order valence-corrected chi connectivity index (χ1v) is 5.05. The maximum absolute atomic E-state index is 10.7. The minimum atomic E-state index is -0.489. The molecule has 1 N–H and O–H groups in total. The van der Waals surface area contributed by atoms with Gasteiger partial charge in [0.15, 0.2) is 5.75 Å². The van der Waals surface area contributed by atoms with Gasteiger partial charge < -0.3 is 9.84 Å². The summed E-state index contributed by atoms with van der Waals surface area (Å²) in [6, 6.07) is 4.36. The van der Waals surface area contributed by atoms with E-state index in [1.165, 1.54) is 18.2 Å². The third-order valence-corrected chi connectivity index (χ3v) is 1.98. The van der Waals surface area contributed by atoms with E-state index in [1.54, 1.807) is 0 Å². The van der Waals surface area contributed by atoms with Gasteiger partial charge in [0.1, 0.15) is 0 Å². The van der Waals surface area contributed by atoms with Crippen molar-refractivity contribution in [3.05, 3.63) is 33.9 Å². The van der Waals surface area contributed by atoms with Crippen molar-refractivity contribution in [2.75, 3.05) is 6.61 Å². The molecule has 0 atom stereocenters. The van der Waals surface area contributed by atoms with Crippen LogP contribution in [0.25, 0.3) is 0 Å². The predicted octanol–water partition coefficient (Wildman–Crippen LogP) is 2.12. The number of hydrogen-bond donors (Lipinski definition) is 1. The molecule has 0 aliphatic carbocycles. The zero-order valence-electron chi connectivity index (χ0n) is 9.34. The Balaban J connectivity index is 2.96. The minimum Gasteiger partial charge on any atom is -0.487 e. The second-order valence-electron chi connectivity index (χ2n) is 3.92. The van der Waals surface area contributed by atoms with Crippen LogP contribution in [0, 0.1) is 16.0 Å². The Morgan fingerprint density at radius 3 is 2.69 bits per heavy atom. The van der Waals surface area contributed by atoms with E-state index in [1.807, 2.05) is 13.8 Å². The number of nitro benzene ring substituents is 1. The van der Waals surface area contributed by atoms with Crippen molar-refractivity contribution >= 4 is 5.69 Å². The van der Waals surface area contributed by atoms with Crippen molar-refractivity contribution in [1.82, 2.24) is 0 Å². The van der Waals surface area contributed by atoms with Gasteiger partial charge in [-0.05, 0) is 23.6 Å². The Kier molecular flexibility index (Phi) is 4.25. The molecule has 0 spiro atoms. The van der Waals surface area contributed by atoms with Crippen molar-refractivity contribution in [2.45, 2.75) is 20.5 Å². The van der Waals surface area contributed by atoms with Gasteiger partial charge in [-0.2, -0.15) is 0 Å². The first kappa shape index (κ1) is 12.4. The monoisotopic (exact) mass is 225 g/mol. The van der Waals surface area contributed by atoms with Crippen molar-refractivity contribution in [3.8, 4) is 5.75 Å². The highest BCUT2D eigenvalue weighted by Gasteiger charge is 2.15. The fourth-order valence-corrected chi connectivity index (χ4v) is 1.18. The van der Waals surface area contributed by atoms with E-state index in [9.17, 15) is 10.1 Å². The third kappa shape index (κ3) is 3.20. The maximum Gasteiger partial charge on any atom is 0.310 e. The zero-order chi connectivity index (χ0) is 12.1. The molecule has 0 aliphatic heterocycles. The number of nitrogens with zero attached hydrogens (tertiary/aromatic N) is 1. The topological polar surface area (TPSA) is 72.6 Å². The Morgan fingerprint density at radius 2 is 2.19 bits per heavy atom. The van der Waals surface area contributed by atoms with E-state index in [4.69, 9.17) is 9.84 Å². The second-order valence-corrected chi connectivity index (χ2v) is 3.92. The van der Waals surface area contributed by atoms with Gasteiger partial charge in [0.2, 0.25) is 0 Å². The van der Waals surface area contributed by atoms with Crippen LogP contribution in [0.2, 0.25) is 0 Å². The molecule has 0 fully saturated rings. The molecular formula is C11H15NO4. The number of aliphatic hydroxyl groups is 1. The second kappa shape index (κ2) is 5.46. The van der Waals surface area contributed by atoms with Crippen molar-refractivity contribution in [2.24, 2.45) is 5.92 Å². The highest BCUT2D eigenvalue weighted by Crippen LogP contribution is 2.28. The molecule has 0 aliphatic rings. The van der Waals surface area contributed by atoms with Gasteiger partial charge in [0.25, 0.3) is 0 Å². The standard InChI is InChI=1S/C11H15NO4/c1-8(2)7-16-11-5-9(6-13)3-4-10(11)12(14)15/h3-5,8,13H,6-7H2,1-2H3. The Labute approximate surface area is 93.8 Å². The van der Waals surface area contributed by atoms with Gasteiger partial charge in [0.05, 0.1) is 18.1 Å². The van der Waals surface area contributed by atoms with Gasteiger partial charge in [-0.25, -0.2) is 0 Å². The summed E-state index contributed by atoms with van der Waals surface area (Å²) in [7, 11) is 0. The zero-order valence-corrected chi connectivity index (χ0v) is 9.34. The molecule has 88 valence electrons. The summed E-state index contributed by atoms with van der Waals surface area (Å²) >= 11 is 0. The molecule has 5 nitrogen and oxygen atoms in total. The molecule has 0 amide bonds. The Hall–Kier alpha value is -1.62. The number of nitro groups is 1. The van der Waals surface area contributed by atoms with Crippen LogP contribution in [0.4, 0.5) is 5.69 Å². The van der Waals surface area contributed by atoms with Crippen molar-refractivity contribution < 1.29 is 14.8 Å². The maximum atomic E-state index is 10.7. The van der Waals surface area contributed by atoms with Crippen LogP contribution in [-0.2, 0) is 6.61 Å². The first-order chi connectivity index (χ1) is 7.54. The normalized spacial score (nSPS) is 10.5. The van der Waals surface area contributed by atoms with E-state index >= 15 is 0 Å². The molecule has 0 saturated carbocycles. The highest BCUT2D eigenvalue weighted by molar-refractivity contribution is 5.48. The van der Waals surface area contributed by atoms with E-state index in [0.29, 0.717) is 12.2 Å². The van der Waals surface area contributed by atoms with Gasteiger partial charge in [-0.3, -0.25) is 10.1 Å². The summed E-state index contributed by atoms with van der Waals surface area (Å²) in [4.78, 5) is 10.2. The Morgan fingerprint density at radius 1 is 1.50 bits per heavy atom. The quantitative estimate of drug-likeness (QED) is 0.615. The van der Waals surface area contributed by atoms with E-state index in [-0.39, 0.29) is 24.0 Å². The summed E-state index contributed by atoms with van der Waals surface area (Å²) in [6.07, 6.45) is 0. The fraction of sp³-hybridized carbons (Fsp3) is 0.455. The summed E-state index contributed by atoms with van der Waals surface area (Å²) < 4.78 is 5.35. The lowest BCUT2D eigenvalue weighted by atomic mass is 10.2. The number of aliphatic hydroxyl groups excluding tert-OH is 1. The van der Waals surface area contributed by atoms with Crippen LogP contribution in [0.15, 0.2) is 18.2 Å². The average Bonchev–Trinajstić information content (AvgIpc) is 2.25. The number of benzene rings is 1. The summed E-state index contributed by atoms with van der Waals surface area (Å²) in [5.41, 5.74) is 0.530. The first-order valence-electron chi connectivity index (χ1n) is 5.05. The molecule has 1 aromatic carbocycles. The summed E-state index contributed by atoms with van der Waals surface area (Å²) in [6.45, 7) is 4.18. The SMILES string of the molecule is CC(C)COc1cc(CO)ccc1[N+](=O)[O-]. The molecule has 5 heteroatoms. The molecule has 0 unspecified atom stereocenters. The molecule has 1 aromatic rings. The van der Waals surface area contributed by atoms with Gasteiger partial charge >= 0.3 is 5.69 Å². The minimum absolute atomic E-state index is 0.0714. The Bertz CT molecular complexity index is 376. The van der Waals surface area contributed by atoms with Crippen LogP contribution in [0.3, 0.4) is 0 Å². The lowest BCUT2D eigenvalue weighted by Crippen LogP contribution is -2.06. The molecule has 16 heavy (non-hydrogen) atoms. The van der Waals surface area contributed by atoms with E-state index in [2.05, 4.69) is 0 Å². The van der Waals surface area contributed by atoms with Crippen LogP contribution in [0.1, 0.15) is 19.4 Å². The molecule has 1 rings (SSSR count). The summed E-state index contributed by atoms with van der Waals surface area (Å²) in [5, 5.41) is 19.7. The largest absolute Gasteiger partial charge is 0.487 e. The van der Waals surface area contributed by atoms with E-state index in [0.717, 1.165) is 0 Å². The smallest absolute Gasteiger partial charge is 0.310 e. The summed E-state index contributed by atoms with van der Waals surface area (Å²) in [5.74, 6) is 0.502. The van der Waals surface area contributed by atoms with Crippen LogP contribution >= 0.6 is 0 Å². The van der Waals surface area contributed by atoms with Gasteiger partial charge in [-0.15, -0.1) is 0 Å². The van der Waals surface area contributed by atoms with Crippen LogP contribution in [0.5, 0.6) is 5.75 Å². The molecule has 0 heterocycles. The lowest BCUT2D eigenvalue weighted by Gasteiger charge is -2.09. The lowest BCUT2D eigenvalue weighted by molar-refractivity contribution is -0.385. The highest BCUT2D eigenvalue weighted by atomic mass is 16.6. The number of rotatable bonds is 5. The average molecular weight is 225 g/mol. The van der Waals surface area contributed by atoms with Crippen molar-refractivity contribution in [1.29, 1.82) is 0 Å². The predicted molar refractivity (Wildman–Crippen MR) is 59.4 cm³/mol. The molecule has 0 radical (unpaired) electrons. The molecule has 0 saturated heterocycles. The third-order valence-electron chi connectivity index (χ3n) is 1.98. The fourth-order valence-electron chi connectivity index (χ4n) is 1.18. The molecule has 0 bridgehead atoms. The van der Waals surface area contributed by atoms with Crippen molar-refractivity contribution in [3.63, 3.8) is 0 Å². The van der Waals surface area contributed by atoms with Crippen LogP contribution < -0.4 is 4.74 Å². The van der Waals surface area contributed by atoms with E-state index < -0.39 is 4.92 Å².